The van der Waals surface area contributed by atoms with E-state index in [4.69, 9.17) is 28.3 Å². The van der Waals surface area contributed by atoms with E-state index in [9.17, 15) is 13.2 Å². The largest absolute Gasteiger partial charge is 0.478 e. The molecule has 2 rings (SSSR count). The van der Waals surface area contributed by atoms with Crippen molar-refractivity contribution < 1.29 is 18.3 Å². The molecule has 0 unspecified atom stereocenters. The number of carbonyl (C=O) groups is 1. The number of hydrogen-bond acceptors (Lipinski definition) is 4. The maximum absolute atomic E-state index is 12.1. The molecule has 21 heavy (non-hydrogen) atoms. The molecule has 0 spiro atoms. The maximum Gasteiger partial charge on any atom is 0.337 e. The van der Waals surface area contributed by atoms with Crippen molar-refractivity contribution in [3.8, 4) is 0 Å². The Labute approximate surface area is 130 Å². The number of halogens is 2. The summed E-state index contributed by atoms with van der Waals surface area (Å²) in [5.41, 5.74) is -0.0111. The Morgan fingerprint density at radius 2 is 1.90 bits per heavy atom. The first-order valence-electron chi connectivity index (χ1n) is 5.47. The van der Waals surface area contributed by atoms with Crippen molar-refractivity contribution in [1.29, 1.82) is 0 Å². The number of nitrogens with zero attached hydrogens (tertiary/aromatic N) is 1. The number of benzene rings is 1. The van der Waals surface area contributed by atoms with Gasteiger partial charge >= 0.3 is 5.97 Å². The highest BCUT2D eigenvalue weighted by molar-refractivity contribution is 7.92. The van der Waals surface area contributed by atoms with Crippen LogP contribution >= 0.6 is 23.2 Å². The second kappa shape index (κ2) is 5.88. The standard InChI is InChI=1S/C12H8Cl2N2O4S/c13-8-2-1-3-9(11(8)14)16-21(19,20)10-5-4-7(6-15-10)12(17)18/h1-6,16H,(H,17,18). The molecule has 0 radical (unpaired) electrons. The smallest absolute Gasteiger partial charge is 0.337 e. The fourth-order valence-electron chi connectivity index (χ4n) is 1.45. The van der Waals surface area contributed by atoms with Gasteiger partial charge in [0, 0.05) is 6.20 Å². The van der Waals surface area contributed by atoms with Crippen LogP contribution in [0.15, 0.2) is 41.6 Å². The molecule has 0 atom stereocenters. The van der Waals surface area contributed by atoms with E-state index >= 15 is 0 Å². The van der Waals surface area contributed by atoms with Gasteiger partial charge in [0.2, 0.25) is 0 Å². The quantitative estimate of drug-likeness (QED) is 0.887. The molecule has 0 fully saturated rings. The minimum absolute atomic E-state index is 0.0601. The van der Waals surface area contributed by atoms with Crippen molar-refractivity contribution in [2.24, 2.45) is 0 Å². The van der Waals surface area contributed by atoms with Gasteiger partial charge in [-0.3, -0.25) is 4.72 Å². The SMILES string of the molecule is O=C(O)c1ccc(S(=O)(=O)Nc2cccc(Cl)c2Cl)nc1. The van der Waals surface area contributed by atoms with E-state index in [1.54, 1.807) is 0 Å². The minimum atomic E-state index is -3.99. The molecule has 0 aliphatic heterocycles. The Balaban J connectivity index is 2.34. The molecule has 9 heteroatoms. The molecule has 2 N–H and O–H groups in total. The van der Waals surface area contributed by atoms with Gasteiger partial charge in [-0.2, -0.15) is 8.42 Å². The molecule has 1 heterocycles. The van der Waals surface area contributed by atoms with Gasteiger partial charge in [0.15, 0.2) is 5.03 Å². The van der Waals surface area contributed by atoms with E-state index in [-0.39, 0.29) is 26.3 Å². The number of sulfonamides is 1. The van der Waals surface area contributed by atoms with Crippen LogP contribution in [0.5, 0.6) is 0 Å². The molecule has 0 bridgehead atoms. The van der Waals surface area contributed by atoms with E-state index in [1.807, 2.05) is 0 Å². The van der Waals surface area contributed by atoms with Crippen LogP contribution in [0.25, 0.3) is 0 Å². The lowest BCUT2D eigenvalue weighted by atomic mass is 10.3. The number of nitrogens with one attached hydrogen (secondary N) is 1. The number of aromatic nitrogens is 1. The fraction of sp³-hybridized carbons (Fsp3) is 0. The van der Waals surface area contributed by atoms with Gasteiger partial charge in [-0.15, -0.1) is 0 Å². The summed E-state index contributed by atoms with van der Waals surface area (Å²) in [5, 5.41) is 8.67. The highest BCUT2D eigenvalue weighted by Gasteiger charge is 2.18. The van der Waals surface area contributed by atoms with E-state index in [0.29, 0.717) is 0 Å². The van der Waals surface area contributed by atoms with E-state index < -0.39 is 16.0 Å². The second-order valence-corrected chi connectivity index (χ2v) is 6.31. The summed E-state index contributed by atoms with van der Waals surface area (Å²) in [7, 11) is -3.99. The third-order valence-corrected chi connectivity index (χ3v) is 4.55. The molecule has 2 aromatic rings. The Morgan fingerprint density at radius 1 is 1.19 bits per heavy atom. The highest BCUT2D eigenvalue weighted by Crippen LogP contribution is 2.30. The minimum Gasteiger partial charge on any atom is -0.478 e. The van der Waals surface area contributed by atoms with Gasteiger partial charge in [-0.05, 0) is 24.3 Å². The summed E-state index contributed by atoms with van der Waals surface area (Å²) in [5.74, 6) is -1.20. The highest BCUT2D eigenvalue weighted by atomic mass is 35.5. The molecule has 0 amide bonds. The zero-order valence-corrected chi connectivity index (χ0v) is 12.6. The van der Waals surface area contributed by atoms with E-state index in [2.05, 4.69) is 9.71 Å². The Morgan fingerprint density at radius 3 is 2.48 bits per heavy atom. The summed E-state index contributed by atoms with van der Waals surface area (Å²) >= 11 is 11.7. The Bertz CT molecular complexity index is 791. The van der Waals surface area contributed by atoms with Gasteiger partial charge in [0.1, 0.15) is 0 Å². The first-order chi connectivity index (χ1) is 9.81. The number of rotatable bonds is 4. The summed E-state index contributed by atoms with van der Waals surface area (Å²) in [6.45, 7) is 0. The predicted octanol–water partition coefficient (Wildman–Crippen LogP) is 2.89. The maximum atomic E-state index is 12.1. The molecule has 1 aromatic carbocycles. The van der Waals surface area contributed by atoms with Crippen LogP contribution in [0.4, 0.5) is 5.69 Å². The monoisotopic (exact) mass is 346 g/mol. The van der Waals surface area contributed by atoms with E-state index in [1.165, 1.54) is 18.2 Å². The van der Waals surface area contributed by atoms with Crippen molar-refractivity contribution in [3.05, 3.63) is 52.1 Å². The van der Waals surface area contributed by atoms with E-state index in [0.717, 1.165) is 18.3 Å². The molecule has 0 aliphatic carbocycles. The normalized spacial score (nSPS) is 11.1. The van der Waals surface area contributed by atoms with Crippen LogP contribution < -0.4 is 4.72 Å². The van der Waals surface area contributed by atoms with Crippen molar-refractivity contribution in [2.45, 2.75) is 5.03 Å². The van der Waals surface area contributed by atoms with Crippen molar-refractivity contribution in [2.75, 3.05) is 4.72 Å². The van der Waals surface area contributed by atoms with Crippen LogP contribution in [0.1, 0.15) is 10.4 Å². The average Bonchev–Trinajstić information content (AvgIpc) is 2.44. The van der Waals surface area contributed by atoms with Crippen LogP contribution in [0, 0.1) is 0 Å². The zero-order valence-electron chi connectivity index (χ0n) is 10.2. The number of pyridine rings is 1. The number of carboxylic acid groups (broad SMARTS) is 1. The predicted molar refractivity (Wildman–Crippen MR) is 78.5 cm³/mol. The average molecular weight is 347 g/mol. The molecule has 110 valence electrons. The van der Waals surface area contributed by atoms with Crippen LogP contribution in [0.2, 0.25) is 10.0 Å². The second-order valence-electron chi connectivity index (χ2n) is 3.90. The molecule has 1 aromatic heterocycles. The molecule has 0 saturated heterocycles. The summed E-state index contributed by atoms with van der Waals surface area (Å²) < 4.78 is 26.5. The topological polar surface area (TPSA) is 96.4 Å². The Kier molecular flexibility index (Phi) is 4.36. The molecule has 0 aliphatic rings. The van der Waals surface area contributed by atoms with Gasteiger partial charge in [0.05, 0.1) is 21.3 Å². The lowest BCUT2D eigenvalue weighted by Crippen LogP contribution is -2.15. The van der Waals surface area contributed by atoms with Gasteiger partial charge in [-0.25, -0.2) is 9.78 Å². The summed E-state index contributed by atoms with van der Waals surface area (Å²) in [6, 6.07) is 6.72. The number of anilines is 1. The van der Waals surface area contributed by atoms with Crippen LogP contribution in [-0.4, -0.2) is 24.5 Å². The summed E-state index contributed by atoms with van der Waals surface area (Å²) in [6.07, 6.45) is 0.955. The van der Waals surface area contributed by atoms with Crippen molar-refractivity contribution >= 4 is 44.9 Å². The summed E-state index contributed by atoms with van der Waals surface area (Å²) in [4.78, 5) is 14.3. The van der Waals surface area contributed by atoms with Gasteiger partial charge in [-0.1, -0.05) is 29.3 Å². The first kappa shape index (κ1) is 15.6. The fourth-order valence-corrected chi connectivity index (χ4v) is 2.85. The molecule has 0 saturated carbocycles. The number of aromatic carboxylic acids is 1. The third kappa shape index (κ3) is 3.44. The first-order valence-corrected chi connectivity index (χ1v) is 7.71. The zero-order chi connectivity index (χ0) is 15.6. The Hall–Kier alpha value is -1.83. The molecular formula is C12H8Cl2N2O4S. The lowest BCUT2D eigenvalue weighted by Gasteiger charge is -2.09. The third-order valence-electron chi connectivity index (χ3n) is 2.45. The number of carboxylic acids is 1. The van der Waals surface area contributed by atoms with Gasteiger partial charge in [0.25, 0.3) is 10.0 Å². The van der Waals surface area contributed by atoms with Crippen molar-refractivity contribution in [3.63, 3.8) is 0 Å². The molecule has 6 nitrogen and oxygen atoms in total. The van der Waals surface area contributed by atoms with Crippen molar-refractivity contribution in [1.82, 2.24) is 4.98 Å². The van der Waals surface area contributed by atoms with Gasteiger partial charge < -0.3 is 5.11 Å². The molecular weight excluding hydrogens is 339 g/mol. The lowest BCUT2D eigenvalue weighted by molar-refractivity contribution is 0.0696. The van der Waals surface area contributed by atoms with Crippen LogP contribution in [0.3, 0.4) is 0 Å². The number of hydrogen-bond donors (Lipinski definition) is 2. The van der Waals surface area contributed by atoms with Crippen LogP contribution in [-0.2, 0) is 10.0 Å².